The molecule has 0 saturated carbocycles. The fraction of sp³-hybridized carbons (Fsp3) is 0.588. The molecule has 0 spiro atoms. The van der Waals surface area contributed by atoms with Gasteiger partial charge in [0.1, 0.15) is 0 Å². The zero-order valence-electron chi connectivity index (χ0n) is 13.2. The van der Waals surface area contributed by atoms with Crippen molar-refractivity contribution in [3.8, 4) is 0 Å². The number of fused-ring (bicyclic) bond motifs is 1. The number of carbonyl (C=O) groups excluding carboxylic acids is 1. The lowest BCUT2D eigenvalue weighted by molar-refractivity contribution is 0.0317. The van der Waals surface area contributed by atoms with E-state index in [9.17, 15) is 4.79 Å². The summed E-state index contributed by atoms with van der Waals surface area (Å²) in [5.41, 5.74) is 7.46. The summed E-state index contributed by atoms with van der Waals surface area (Å²) in [6.45, 7) is 3.51. The Morgan fingerprint density at radius 2 is 1.95 bits per heavy atom. The van der Waals surface area contributed by atoms with Crippen molar-refractivity contribution in [3.63, 3.8) is 0 Å². The number of amides is 1. The molecule has 22 heavy (non-hydrogen) atoms. The number of piperidine rings is 2. The standard InChI is InChI=1S/C17H25N3O.ClH/c1-19-9-2-3-15-12-20(10-8-16(15)19)17(21)14-6-4-13(11-18)5-7-14;/h4-7,15-16H,2-3,8-12,18H2,1H3;1H. The fourth-order valence-electron chi connectivity index (χ4n) is 3.80. The average molecular weight is 324 g/mol. The van der Waals surface area contributed by atoms with Crippen molar-refractivity contribution in [1.29, 1.82) is 0 Å². The van der Waals surface area contributed by atoms with Crippen molar-refractivity contribution < 1.29 is 4.79 Å². The molecule has 0 aromatic heterocycles. The quantitative estimate of drug-likeness (QED) is 0.907. The minimum atomic E-state index is 0. The van der Waals surface area contributed by atoms with Crippen LogP contribution in [0.25, 0.3) is 0 Å². The molecule has 2 fully saturated rings. The lowest BCUT2D eigenvalue weighted by Crippen LogP contribution is -2.53. The van der Waals surface area contributed by atoms with E-state index in [4.69, 9.17) is 5.73 Å². The Bertz CT molecular complexity index is 505. The van der Waals surface area contributed by atoms with Crippen LogP contribution in [0.1, 0.15) is 35.2 Å². The second kappa shape index (κ2) is 7.44. The largest absolute Gasteiger partial charge is 0.338 e. The van der Waals surface area contributed by atoms with E-state index in [1.807, 2.05) is 29.2 Å². The molecule has 0 aliphatic carbocycles. The van der Waals surface area contributed by atoms with Gasteiger partial charge in [-0.05, 0) is 56.5 Å². The number of likely N-dealkylation sites (tertiary alicyclic amines) is 2. The second-order valence-corrected chi connectivity index (χ2v) is 6.39. The van der Waals surface area contributed by atoms with E-state index in [-0.39, 0.29) is 18.3 Å². The van der Waals surface area contributed by atoms with Gasteiger partial charge in [-0.1, -0.05) is 12.1 Å². The Morgan fingerprint density at radius 1 is 1.23 bits per heavy atom. The van der Waals surface area contributed by atoms with Gasteiger partial charge in [-0.15, -0.1) is 12.4 Å². The molecule has 0 radical (unpaired) electrons. The minimum Gasteiger partial charge on any atom is -0.338 e. The fourth-order valence-corrected chi connectivity index (χ4v) is 3.80. The number of nitrogens with zero attached hydrogens (tertiary/aromatic N) is 2. The third kappa shape index (κ3) is 3.45. The van der Waals surface area contributed by atoms with Crippen LogP contribution in [0.15, 0.2) is 24.3 Å². The van der Waals surface area contributed by atoms with Crippen molar-refractivity contribution >= 4 is 18.3 Å². The van der Waals surface area contributed by atoms with Crippen molar-refractivity contribution in [3.05, 3.63) is 35.4 Å². The van der Waals surface area contributed by atoms with Crippen molar-refractivity contribution in [2.75, 3.05) is 26.7 Å². The molecule has 2 saturated heterocycles. The average Bonchev–Trinajstić information content (AvgIpc) is 2.54. The molecule has 2 atom stereocenters. The van der Waals surface area contributed by atoms with Crippen LogP contribution in [0, 0.1) is 5.92 Å². The molecule has 5 heteroatoms. The first-order chi connectivity index (χ1) is 10.2. The number of benzene rings is 1. The van der Waals surface area contributed by atoms with Gasteiger partial charge in [0.25, 0.3) is 5.91 Å². The third-order valence-electron chi connectivity index (χ3n) is 5.07. The van der Waals surface area contributed by atoms with E-state index in [2.05, 4.69) is 11.9 Å². The Kier molecular flexibility index (Phi) is 5.84. The van der Waals surface area contributed by atoms with E-state index >= 15 is 0 Å². The summed E-state index contributed by atoms with van der Waals surface area (Å²) >= 11 is 0. The summed E-state index contributed by atoms with van der Waals surface area (Å²) in [6.07, 6.45) is 3.61. The Balaban J connectivity index is 0.00000176. The number of hydrogen-bond donors (Lipinski definition) is 1. The van der Waals surface area contributed by atoms with Gasteiger partial charge in [0.2, 0.25) is 0 Å². The second-order valence-electron chi connectivity index (χ2n) is 6.39. The SMILES string of the molecule is CN1CCCC2CN(C(=O)c3ccc(CN)cc3)CCC21.Cl. The van der Waals surface area contributed by atoms with E-state index < -0.39 is 0 Å². The maximum Gasteiger partial charge on any atom is 0.253 e. The molecular formula is C17H26ClN3O. The summed E-state index contributed by atoms with van der Waals surface area (Å²) in [7, 11) is 2.22. The first-order valence-electron chi connectivity index (χ1n) is 7.97. The van der Waals surface area contributed by atoms with Crippen LogP contribution in [0.3, 0.4) is 0 Å². The lowest BCUT2D eigenvalue weighted by atomic mass is 9.84. The van der Waals surface area contributed by atoms with E-state index in [0.717, 1.165) is 30.6 Å². The highest BCUT2D eigenvalue weighted by atomic mass is 35.5. The monoisotopic (exact) mass is 323 g/mol. The highest BCUT2D eigenvalue weighted by molar-refractivity contribution is 5.94. The normalized spacial score (nSPS) is 25.3. The number of halogens is 1. The number of hydrogen-bond acceptors (Lipinski definition) is 3. The summed E-state index contributed by atoms with van der Waals surface area (Å²) in [6, 6.07) is 8.39. The lowest BCUT2D eigenvalue weighted by Gasteiger charge is -2.46. The van der Waals surface area contributed by atoms with Crippen molar-refractivity contribution in [1.82, 2.24) is 9.80 Å². The molecule has 2 aliphatic heterocycles. The summed E-state index contributed by atoms with van der Waals surface area (Å²) < 4.78 is 0. The van der Waals surface area contributed by atoms with Crippen LogP contribution >= 0.6 is 12.4 Å². The van der Waals surface area contributed by atoms with E-state index in [1.54, 1.807) is 0 Å². The van der Waals surface area contributed by atoms with Crippen molar-refractivity contribution in [2.45, 2.75) is 31.8 Å². The maximum atomic E-state index is 12.6. The minimum absolute atomic E-state index is 0. The molecule has 1 aromatic rings. The van der Waals surface area contributed by atoms with Crippen LogP contribution in [-0.2, 0) is 6.54 Å². The topological polar surface area (TPSA) is 49.6 Å². The predicted molar refractivity (Wildman–Crippen MR) is 91.2 cm³/mol. The molecule has 2 unspecified atom stereocenters. The first-order valence-corrected chi connectivity index (χ1v) is 7.97. The van der Waals surface area contributed by atoms with Crippen LogP contribution in [-0.4, -0.2) is 48.4 Å². The van der Waals surface area contributed by atoms with Gasteiger partial charge in [0, 0.05) is 31.2 Å². The maximum absolute atomic E-state index is 12.6. The molecule has 3 rings (SSSR count). The molecule has 1 aromatic carbocycles. The Morgan fingerprint density at radius 3 is 2.64 bits per heavy atom. The third-order valence-corrected chi connectivity index (χ3v) is 5.07. The van der Waals surface area contributed by atoms with Crippen LogP contribution in [0.2, 0.25) is 0 Å². The number of nitrogens with two attached hydrogens (primary N) is 1. The summed E-state index contributed by atoms with van der Waals surface area (Å²) in [5.74, 6) is 0.815. The van der Waals surface area contributed by atoms with Gasteiger partial charge >= 0.3 is 0 Å². The number of rotatable bonds is 2. The van der Waals surface area contributed by atoms with E-state index in [0.29, 0.717) is 18.5 Å². The van der Waals surface area contributed by atoms with Crippen LogP contribution in [0.4, 0.5) is 0 Å². The predicted octanol–water partition coefficient (Wildman–Crippen LogP) is 2.12. The molecule has 2 N–H and O–H groups in total. The summed E-state index contributed by atoms with van der Waals surface area (Å²) in [5, 5.41) is 0. The van der Waals surface area contributed by atoms with E-state index in [1.165, 1.54) is 19.4 Å². The molecular weight excluding hydrogens is 298 g/mol. The summed E-state index contributed by atoms with van der Waals surface area (Å²) in [4.78, 5) is 17.2. The van der Waals surface area contributed by atoms with Crippen LogP contribution < -0.4 is 5.73 Å². The first kappa shape index (κ1) is 17.3. The molecule has 1 amide bonds. The molecule has 2 aliphatic rings. The molecule has 0 bridgehead atoms. The van der Waals surface area contributed by atoms with Gasteiger partial charge in [-0.25, -0.2) is 0 Å². The van der Waals surface area contributed by atoms with Crippen molar-refractivity contribution in [2.24, 2.45) is 11.7 Å². The smallest absolute Gasteiger partial charge is 0.253 e. The zero-order chi connectivity index (χ0) is 14.8. The molecule has 122 valence electrons. The van der Waals surface area contributed by atoms with Gasteiger partial charge in [-0.3, -0.25) is 4.79 Å². The Hall–Kier alpha value is -1.10. The van der Waals surface area contributed by atoms with Gasteiger partial charge in [-0.2, -0.15) is 0 Å². The molecule has 2 heterocycles. The molecule has 4 nitrogen and oxygen atoms in total. The zero-order valence-corrected chi connectivity index (χ0v) is 14.0. The van der Waals surface area contributed by atoms with Gasteiger partial charge in [0.15, 0.2) is 0 Å². The van der Waals surface area contributed by atoms with Gasteiger partial charge < -0.3 is 15.5 Å². The Labute approximate surface area is 139 Å². The highest BCUT2D eigenvalue weighted by Gasteiger charge is 2.35. The van der Waals surface area contributed by atoms with Gasteiger partial charge in [0.05, 0.1) is 0 Å². The number of carbonyl (C=O) groups is 1. The van der Waals surface area contributed by atoms with Crippen LogP contribution in [0.5, 0.6) is 0 Å². The highest BCUT2D eigenvalue weighted by Crippen LogP contribution is 2.30.